The predicted molar refractivity (Wildman–Crippen MR) is 78.3 cm³/mol. The van der Waals surface area contributed by atoms with Crippen molar-refractivity contribution >= 4 is 11.3 Å². The minimum absolute atomic E-state index is 0.0631. The number of nitrogens with zero attached hydrogens (tertiary/aromatic N) is 1. The van der Waals surface area contributed by atoms with Crippen LogP contribution in [0.2, 0.25) is 0 Å². The molecule has 0 aliphatic rings. The molecular weight excluding hydrogens is 242 g/mol. The summed E-state index contributed by atoms with van der Waals surface area (Å²) < 4.78 is 0. The van der Waals surface area contributed by atoms with E-state index in [1.807, 2.05) is 26.3 Å². The quantitative estimate of drug-likeness (QED) is 0.910. The molecule has 0 saturated carbocycles. The fourth-order valence-corrected chi connectivity index (χ4v) is 2.71. The van der Waals surface area contributed by atoms with Crippen molar-refractivity contribution in [2.24, 2.45) is 0 Å². The highest BCUT2D eigenvalue weighted by atomic mass is 32.1. The standard InChI is InChI=1S/C13H15NOS.C2H6/c1-9-3-5-11(6-4-9)12(7-15)13-10(2)14-8-16-13;1-2/h3-6,8,12,15H,7H2,1-2H3;1-2H3. The number of hydrogen-bond acceptors (Lipinski definition) is 3. The van der Waals surface area contributed by atoms with E-state index in [0.29, 0.717) is 0 Å². The Bertz CT molecular complexity index is 462. The highest BCUT2D eigenvalue weighted by Gasteiger charge is 2.17. The van der Waals surface area contributed by atoms with Gasteiger partial charge in [0.1, 0.15) is 0 Å². The molecule has 0 saturated heterocycles. The lowest BCUT2D eigenvalue weighted by Gasteiger charge is -2.13. The van der Waals surface area contributed by atoms with Crippen molar-refractivity contribution in [3.8, 4) is 0 Å². The first kappa shape index (κ1) is 14.9. The summed E-state index contributed by atoms with van der Waals surface area (Å²) in [5.41, 5.74) is 5.24. The third-order valence-corrected chi connectivity index (χ3v) is 3.81. The van der Waals surface area contributed by atoms with Crippen LogP contribution in [0.5, 0.6) is 0 Å². The molecule has 0 aliphatic carbocycles. The molecule has 0 aliphatic heterocycles. The SMILES string of the molecule is CC.Cc1ccc(C(CO)c2scnc2C)cc1. The molecule has 2 rings (SSSR count). The Balaban J connectivity index is 0.000000771. The minimum Gasteiger partial charge on any atom is -0.395 e. The fourth-order valence-electron chi connectivity index (χ4n) is 1.78. The summed E-state index contributed by atoms with van der Waals surface area (Å²) in [5.74, 6) is 0.0631. The molecule has 3 heteroatoms. The van der Waals surface area contributed by atoms with Crippen LogP contribution in [0, 0.1) is 13.8 Å². The highest BCUT2D eigenvalue weighted by molar-refractivity contribution is 7.09. The molecule has 1 aromatic carbocycles. The van der Waals surface area contributed by atoms with Gasteiger partial charge in [-0.15, -0.1) is 11.3 Å². The van der Waals surface area contributed by atoms with Crippen molar-refractivity contribution in [2.45, 2.75) is 33.6 Å². The molecule has 1 N–H and O–H groups in total. The van der Waals surface area contributed by atoms with Gasteiger partial charge in [0, 0.05) is 10.8 Å². The van der Waals surface area contributed by atoms with Crippen LogP contribution < -0.4 is 0 Å². The molecule has 98 valence electrons. The summed E-state index contributed by atoms with van der Waals surface area (Å²) in [6.07, 6.45) is 0. The fraction of sp³-hybridized carbons (Fsp3) is 0.400. The van der Waals surface area contributed by atoms with Gasteiger partial charge in [0.15, 0.2) is 0 Å². The van der Waals surface area contributed by atoms with Crippen LogP contribution in [0.25, 0.3) is 0 Å². The Morgan fingerprint density at radius 3 is 2.22 bits per heavy atom. The van der Waals surface area contributed by atoms with E-state index in [9.17, 15) is 5.11 Å². The molecule has 0 fully saturated rings. The predicted octanol–water partition coefficient (Wildman–Crippen LogP) is 3.91. The van der Waals surface area contributed by atoms with Crippen molar-refractivity contribution < 1.29 is 5.11 Å². The Labute approximate surface area is 113 Å². The highest BCUT2D eigenvalue weighted by Crippen LogP contribution is 2.29. The van der Waals surface area contributed by atoms with Crippen molar-refractivity contribution in [2.75, 3.05) is 6.61 Å². The molecule has 1 atom stereocenters. The minimum atomic E-state index is 0.0631. The van der Waals surface area contributed by atoms with Crippen molar-refractivity contribution in [1.29, 1.82) is 0 Å². The van der Waals surface area contributed by atoms with Crippen molar-refractivity contribution in [3.63, 3.8) is 0 Å². The van der Waals surface area contributed by atoms with E-state index in [1.54, 1.807) is 11.3 Å². The zero-order valence-electron chi connectivity index (χ0n) is 11.5. The summed E-state index contributed by atoms with van der Waals surface area (Å²) in [6, 6.07) is 8.31. The van der Waals surface area contributed by atoms with E-state index in [0.717, 1.165) is 16.1 Å². The van der Waals surface area contributed by atoms with Crippen LogP contribution in [0.15, 0.2) is 29.8 Å². The molecule has 2 nitrogen and oxygen atoms in total. The Kier molecular flexibility index (Phi) is 6.02. The largest absolute Gasteiger partial charge is 0.395 e. The molecule has 0 radical (unpaired) electrons. The van der Waals surface area contributed by atoms with E-state index in [-0.39, 0.29) is 12.5 Å². The van der Waals surface area contributed by atoms with Gasteiger partial charge < -0.3 is 5.11 Å². The normalized spacial score (nSPS) is 11.6. The van der Waals surface area contributed by atoms with E-state index in [4.69, 9.17) is 0 Å². The van der Waals surface area contributed by atoms with Crippen LogP contribution in [0.3, 0.4) is 0 Å². The van der Waals surface area contributed by atoms with Gasteiger partial charge in [0.25, 0.3) is 0 Å². The zero-order valence-corrected chi connectivity index (χ0v) is 12.3. The van der Waals surface area contributed by atoms with Gasteiger partial charge in [-0.1, -0.05) is 43.7 Å². The molecular formula is C15H21NOS. The first-order valence-electron chi connectivity index (χ1n) is 6.29. The maximum Gasteiger partial charge on any atom is 0.0797 e. The molecule has 1 unspecified atom stereocenters. The first-order chi connectivity index (χ1) is 8.72. The third-order valence-electron chi connectivity index (χ3n) is 2.76. The molecule has 0 bridgehead atoms. The van der Waals surface area contributed by atoms with Crippen LogP contribution in [0.1, 0.15) is 41.5 Å². The molecule has 1 aromatic heterocycles. The Morgan fingerprint density at radius 1 is 1.17 bits per heavy atom. The number of aryl methyl sites for hydroxylation is 2. The van der Waals surface area contributed by atoms with E-state index >= 15 is 0 Å². The second kappa shape index (κ2) is 7.29. The van der Waals surface area contributed by atoms with Crippen LogP contribution in [0.4, 0.5) is 0 Å². The lowest BCUT2D eigenvalue weighted by atomic mass is 9.96. The van der Waals surface area contributed by atoms with E-state index < -0.39 is 0 Å². The lowest BCUT2D eigenvalue weighted by Crippen LogP contribution is -2.05. The lowest BCUT2D eigenvalue weighted by molar-refractivity contribution is 0.281. The Morgan fingerprint density at radius 2 is 1.78 bits per heavy atom. The second-order valence-electron chi connectivity index (χ2n) is 3.95. The van der Waals surface area contributed by atoms with Gasteiger partial charge in [-0.2, -0.15) is 0 Å². The van der Waals surface area contributed by atoms with Crippen LogP contribution in [-0.4, -0.2) is 16.7 Å². The summed E-state index contributed by atoms with van der Waals surface area (Å²) in [6.45, 7) is 8.18. The first-order valence-corrected chi connectivity index (χ1v) is 7.17. The Hall–Kier alpha value is -1.19. The molecule has 0 amide bonds. The van der Waals surface area contributed by atoms with Crippen LogP contribution in [-0.2, 0) is 0 Å². The average molecular weight is 263 g/mol. The van der Waals surface area contributed by atoms with E-state index in [1.165, 1.54) is 5.56 Å². The maximum atomic E-state index is 9.52. The maximum absolute atomic E-state index is 9.52. The molecule has 1 heterocycles. The number of aromatic nitrogens is 1. The van der Waals surface area contributed by atoms with E-state index in [2.05, 4.69) is 36.2 Å². The van der Waals surface area contributed by atoms with Gasteiger partial charge >= 0.3 is 0 Å². The topological polar surface area (TPSA) is 33.1 Å². The second-order valence-corrected chi connectivity index (χ2v) is 4.83. The van der Waals surface area contributed by atoms with Gasteiger partial charge in [-0.3, -0.25) is 0 Å². The number of aliphatic hydroxyl groups is 1. The number of thiazole rings is 1. The summed E-state index contributed by atoms with van der Waals surface area (Å²) in [5, 5.41) is 9.52. The van der Waals surface area contributed by atoms with Gasteiger partial charge in [-0.05, 0) is 19.4 Å². The third kappa shape index (κ3) is 3.40. The smallest absolute Gasteiger partial charge is 0.0797 e. The monoisotopic (exact) mass is 263 g/mol. The van der Waals surface area contributed by atoms with Gasteiger partial charge in [0.05, 0.1) is 17.8 Å². The summed E-state index contributed by atoms with van der Waals surface area (Å²) in [4.78, 5) is 5.39. The number of benzene rings is 1. The number of hydrogen-bond donors (Lipinski definition) is 1. The average Bonchev–Trinajstić information content (AvgIpc) is 2.82. The summed E-state index contributed by atoms with van der Waals surface area (Å²) in [7, 11) is 0. The van der Waals surface area contributed by atoms with Gasteiger partial charge in [-0.25, -0.2) is 4.98 Å². The zero-order chi connectivity index (χ0) is 13.5. The molecule has 0 spiro atoms. The van der Waals surface area contributed by atoms with Gasteiger partial charge in [0.2, 0.25) is 0 Å². The van der Waals surface area contributed by atoms with Crippen molar-refractivity contribution in [1.82, 2.24) is 4.98 Å². The molecule has 18 heavy (non-hydrogen) atoms. The molecule has 2 aromatic rings. The summed E-state index contributed by atoms with van der Waals surface area (Å²) >= 11 is 1.61. The van der Waals surface area contributed by atoms with Crippen molar-refractivity contribution in [3.05, 3.63) is 51.5 Å². The number of aliphatic hydroxyl groups excluding tert-OH is 1. The van der Waals surface area contributed by atoms with Crippen LogP contribution >= 0.6 is 11.3 Å². The number of rotatable bonds is 3.